The van der Waals surface area contributed by atoms with Gasteiger partial charge in [-0.3, -0.25) is 4.79 Å². The van der Waals surface area contributed by atoms with Crippen LogP contribution in [0.2, 0.25) is 0 Å². The highest BCUT2D eigenvalue weighted by Crippen LogP contribution is 2.53. The van der Waals surface area contributed by atoms with Crippen molar-refractivity contribution in [2.45, 2.75) is 71.7 Å². The van der Waals surface area contributed by atoms with Gasteiger partial charge in [-0.1, -0.05) is 13.8 Å². The molecule has 4 rings (SSSR count). The maximum absolute atomic E-state index is 12.9. The van der Waals surface area contributed by atoms with Crippen LogP contribution in [0.1, 0.15) is 62.2 Å². The third-order valence-corrected chi connectivity index (χ3v) is 7.14. The molecule has 2 heterocycles. The number of hydrogen-bond acceptors (Lipinski definition) is 5. The predicted octanol–water partition coefficient (Wildman–Crippen LogP) is 3.47. The van der Waals surface area contributed by atoms with E-state index in [1.807, 2.05) is 13.8 Å². The number of aryl methyl sites for hydroxylation is 1. The molecule has 1 aliphatic heterocycles. The number of rotatable bonds is 2. The van der Waals surface area contributed by atoms with Crippen LogP contribution >= 0.6 is 0 Å². The van der Waals surface area contributed by atoms with Crippen LogP contribution in [0.15, 0.2) is 10.7 Å². The fourth-order valence-electron chi connectivity index (χ4n) is 4.76. The first kappa shape index (κ1) is 16.8. The number of Topliss-reactive ketones (excluding diaryl/α,β-unsaturated/α-hetero) is 1. The third-order valence-electron chi connectivity index (χ3n) is 7.14. The lowest BCUT2D eigenvalue weighted by Gasteiger charge is -2.50. The van der Waals surface area contributed by atoms with Crippen molar-refractivity contribution in [3.8, 4) is 0 Å². The summed E-state index contributed by atoms with van der Waals surface area (Å²) in [6, 6.07) is 0. The fraction of sp³-hybridized carbons (Fsp3) is 0.700. The second-order valence-electron chi connectivity index (χ2n) is 8.50. The topological polar surface area (TPSA) is 69.0 Å². The van der Waals surface area contributed by atoms with Gasteiger partial charge in [0, 0.05) is 11.5 Å². The maximum Gasteiger partial charge on any atom is 0.341 e. The molecule has 0 amide bonds. The van der Waals surface area contributed by atoms with Crippen LogP contribution in [0, 0.1) is 24.2 Å². The molecule has 3 aliphatic rings. The van der Waals surface area contributed by atoms with Gasteiger partial charge in [-0.2, -0.15) is 0 Å². The summed E-state index contributed by atoms with van der Waals surface area (Å²) in [5, 5.41) is 0. The lowest BCUT2D eigenvalue weighted by atomic mass is 9.54. The summed E-state index contributed by atoms with van der Waals surface area (Å²) < 4.78 is 16.8. The molecule has 5 heteroatoms. The summed E-state index contributed by atoms with van der Waals surface area (Å²) in [4.78, 5) is 25.4. The van der Waals surface area contributed by atoms with E-state index in [1.54, 1.807) is 13.2 Å². The highest BCUT2D eigenvalue weighted by Gasteiger charge is 2.59. The summed E-state index contributed by atoms with van der Waals surface area (Å²) >= 11 is 0. The first-order chi connectivity index (χ1) is 11.7. The molecule has 0 spiro atoms. The lowest BCUT2D eigenvalue weighted by Crippen LogP contribution is -2.52. The summed E-state index contributed by atoms with van der Waals surface area (Å²) in [7, 11) is 0. The first-order valence-corrected chi connectivity index (χ1v) is 9.18. The van der Waals surface area contributed by atoms with Crippen molar-refractivity contribution in [1.82, 2.24) is 0 Å². The van der Waals surface area contributed by atoms with Crippen molar-refractivity contribution in [2.24, 2.45) is 17.3 Å². The molecule has 6 atom stereocenters. The van der Waals surface area contributed by atoms with Crippen LogP contribution in [-0.4, -0.2) is 29.6 Å². The Hall–Kier alpha value is -1.62. The Kier molecular flexibility index (Phi) is 3.50. The summed E-state index contributed by atoms with van der Waals surface area (Å²) in [5.41, 5.74) is 1.03. The van der Waals surface area contributed by atoms with E-state index in [0.717, 1.165) is 24.0 Å². The molecular weight excluding hydrogens is 320 g/mol. The zero-order valence-corrected chi connectivity index (χ0v) is 15.5. The predicted molar refractivity (Wildman–Crippen MR) is 90.3 cm³/mol. The van der Waals surface area contributed by atoms with Crippen molar-refractivity contribution < 1.29 is 23.5 Å². The quantitative estimate of drug-likeness (QED) is 0.606. The molecule has 6 unspecified atom stereocenters. The smallest absolute Gasteiger partial charge is 0.341 e. The fourth-order valence-corrected chi connectivity index (χ4v) is 4.76. The van der Waals surface area contributed by atoms with Gasteiger partial charge in [0.2, 0.25) is 5.78 Å². The van der Waals surface area contributed by atoms with Crippen molar-refractivity contribution in [2.75, 3.05) is 0 Å². The summed E-state index contributed by atoms with van der Waals surface area (Å²) in [6.07, 6.45) is 3.64. The number of hydrogen-bond donors (Lipinski definition) is 0. The van der Waals surface area contributed by atoms with E-state index >= 15 is 0 Å². The number of ether oxygens (including phenoxy) is 2. The van der Waals surface area contributed by atoms with Crippen molar-refractivity contribution in [1.29, 1.82) is 0 Å². The molecule has 1 aromatic rings. The highest BCUT2D eigenvalue weighted by molar-refractivity contribution is 5.99. The maximum atomic E-state index is 12.9. The van der Waals surface area contributed by atoms with Crippen LogP contribution < -0.4 is 0 Å². The summed E-state index contributed by atoms with van der Waals surface area (Å²) in [5.74, 6) is 0.401. The van der Waals surface area contributed by atoms with E-state index in [0.29, 0.717) is 12.2 Å². The lowest BCUT2D eigenvalue weighted by molar-refractivity contribution is -0.165. The Labute approximate surface area is 148 Å². The Bertz CT molecular complexity index is 749. The molecule has 5 nitrogen and oxygen atoms in total. The number of fused-ring (bicyclic) bond motifs is 2. The second-order valence-corrected chi connectivity index (χ2v) is 8.50. The third kappa shape index (κ3) is 2.24. The van der Waals surface area contributed by atoms with Gasteiger partial charge < -0.3 is 13.9 Å². The number of carbonyl (C=O) groups is 2. The van der Waals surface area contributed by atoms with E-state index in [1.165, 1.54) is 0 Å². The number of furan rings is 1. The van der Waals surface area contributed by atoms with Crippen molar-refractivity contribution in [3.63, 3.8) is 0 Å². The van der Waals surface area contributed by atoms with E-state index < -0.39 is 5.60 Å². The van der Waals surface area contributed by atoms with Gasteiger partial charge in [0.05, 0.1) is 12.4 Å². The number of esters is 1. The average Bonchev–Trinajstić information content (AvgIpc) is 3.01. The van der Waals surface area contributed by atoms with Gasteiger partial charge in [-0.25, -0.2) is 4.79 Å². The average molecular weight is 346 g/mol. The van der Waals surface area contributed by atoms with E-state index in [2.05, 4.69) is 13.8 Å². The van der Waals surface area contributed by atoms with Crippen LogP contribution in [0.25, 0.3) is 0 Å². The molecule has 1 saturated heterocycles. The van der Waals surface area contributed by atoms with E-state index in [9.17, 15) is 9.59 Å². The van der Waals surface area contributed by atoms with Gasteiger partial charge in [-0.05, 0) is 56.9 Å². The molecule has 136 valence electrons. The Morgan fingerprint density at radius 3 is 2.60 bits per heavy atom. The molecule has 1 aromatic heterocycles. The first-order valence-electron chi connectivity index (χ1n) is 9.18. The van der Waals surface area contributed by atoms with Crippen LogP contribution in [-0.2, 0) is 20.7 Å². The number of epoxide rings is 1. The molecule has 1 saturated carbocycles. The van der Waals surface area contributed by atoms with Gasteiger partial charge in [-0.15, -0.1) is 0 Å². The molecule has 2 fully saturated rings. The van der Waals surface area contributed by atoms with E-state index in [4.69, 9.17) is 13.9 Å². The van der Waals surface area contributed by atoms with Crippen molar-refractivity contribution >= 4 is 11.8 Å². The Balaban J connectivity index is 1.59. The summed E-state index contributed by atoms with van der Waals surface area (Å²) in [6.45, 7) is 9.91. The second kappa shape index (κ2) is 5.19. The number of ketones is 1. The van der Waals surface area contributed by atoms with Crippen LogP contribution in [0.3, 0.4) is 0 Å². The Morgan fingerprint density at radius 2 is 1.96 bits per heavy atom. The minimum atomic E-state index is -0.797. The highest BCUT2D eigenvalue weighted by atomic mass is 16.7. The minimum Gasteiger partial charge on any atom is -0.461 e. The van der Waals surface area contributed by atoms with Crippen molar-refractivity contribution in [3.05, 3.63) is 23.2 Å². The molecule has 0 radical (unpaired) electrons. The molecule has 2 aliphatic carbocycles. The van der Waals surface area contributed by atoms with Crippen LogP contribution in [0.4, 0.5) is 0 Å². The minimum absolute atomic E-state index is 0.0674. The molecule has 0 N–H and O–H groups in total. The Morgan fingerprint density at radius 1 is 1.28 bits per heavy atom. The SMILES string of the molecule is Cc1coc2c1CC1(C)C(CCC(OC(=O)C3(C)OC3C)C1C)C2=O. The van der Waals surface area contributed by atoms with Gasteiger partial charge >= 0.3 is 5.97 Å². The molecule has 0 aromatic carbocycles. The van der Waals surface area contributed by atoms with Gasteiger partial charge in [0.15, 0.2) is 11.4 Å². The molecular formula is C20H26O5. The molecule has 0 bridgehead atoms. The largest absolute Gasteiger partial charge is 0.461 e. The van der Waals surface area contributed by atoms with E-state index in [-0.39, 0.29) is 41.2 Å². The monoisotopic (exact) mass is 346 g/mol. The zero-order valence-electron chi connectivity index (χ0n) is 15.5. The standard InChI is InChI=1S/C20H26O5/c1-10-9-23-17-13(10)8-19(4)11(2)15(7-6-14(19)16(17)21)24-18(22)20(5)12(3)25-20/h9,11-12,14-15H,6-8H2,1-5H3. The van der Waals surface area contributed by atoms with Crippen LogP contribution in [0.5, 0.6) is 0 Å². The van der Waals surface area contributed by atoms with Gasteiger partial charge in [0.25, 0.3) is 0 Å². The van der Waals surface area contributed by atoms with Gasteiger partial charge in [0.1, 0.15) is 6.10 Å². The molecule has 25 heavy (non-hydrogen) atoms. The number of carbonyl (C=O) groups excluding carboxylic acids is 2. The normalized spacial score (nSPS) is 42.5. The zero-order chi connectivity index (χ0) is 18.1.